The number of amides is 4. The number of carboxylic acids is 2. The van der Waals surface area contributed by atoms with Gasteiger partial charge in [0.15, 0.2) is 18.9 Å². The third kappa shape index (κ3) is 14.9. The molecule has 0 aromatic rings. The van der Waals surface area contributed by atoms with Gasteiger partial charge in [0.25, 0.3) is 0 Å². The van der Waals surface area contributed by atoms with Crippen LogP contribution in [0.5, 0.6) is 0 Å². The zero-order chi connectivity index (χ0) is 47.9. The fraction of sp³-hybridized carbons (Fsp3) is 0.784. The average Bonchev–Trinajstić information content (AvgIpc) is 3.22. The van der Waals surface area contributed by atoms with E-state index < -0.39 is 171 Å². The van der Waals surface area contributed by atoms with Crippen molar-refractivity contribution in [1.82, 2.24) is 21.3 Å². The molecule has 4 aliphatic heterocycles. The Morgan fingerprint density at radius 3 is 1.62 bits per heavy atom. The molecule has 0 radical (unpaired) electrons. The van der Waals surface area contributed by atoms with Gasteiger partial charge in [-0.05, 0) is 13.8 Å². The van der Waals surface area contributed by atoms with Crippen LogP contribution in [0.25, 0.3) is 0 Å². The third-order valence-electron chi connectivity index (χ3n) is 10.8. The second-order valence-corrected chi connectivity index (χ2v) is 15.7. The molecule has 4 heterocycles. The van der Waals surface area contributed by atoms with E-state index in [1.54, 1.807) is 0 Å². The molecule has 66 heavy (non-hydrogen) atoms. The van der Waals surface area contributed by atoms with Crippen molar-refractivity contribution < 1.29 is 172 Å². The van der Waals surface area contributed by atoms with Crippen LogP contribution in [0, 0.1) is 5.92 Å². The molecular weight excluding hydrogens is 914 g/mol. The van der Waals surface area contributed by atoms with Crippen LogP contribution in [0.15, 0.2) is 12.2 Å². The van der Waals surface area contributed by atoms with Gasteiger partial charge >= 0.3 is 65.2 Å². The summed E-state index contributed by atoms with van der Waals surface area (Å²) in [5.74, 6) is -7.18. The van der Waals surface area contributed by atoms with Crippen molar-refractivity contribution in [2.45, 2.75) is 151 Å². The van der Waals surface area contributed by atoms with Crippen molar-refractivity contribution in [2.24, 2.45) is 5.92 Å². The second kappa shape index (κ2) is 26.7. The minimum absolute atomic E-state index is 0. The number of carbonyl (C=O) groups is 6. The predicted molar refractivity (Wildman–Crippen MR) is 200 cm³/mol. The summed E-state index contributed by atoms with van der Waals surface area (Å²) in [5.41, 5.74) is 0.196. The maximum atomic E-state index is 12.6. The van der Waals surface area contributed by atoms with Gasteiger partial charge in [0.05, 0.1) is 36.8 Å². The van der Waals surface area contributed by atoms with E-state index in [0.29, 0.717) is 0 Å². The Labute approximate surface area is 421 Å². The molecule has 0 spiro atoms. The zero-order valence-electron chi connectivity index (χ0n) is 37.2. The maximum absolute atomic E-state index is 12.6. The number of hydrogen-bond acceptors (Lipinski definition) is 23. The van der Waals surface area contributed by atoms with Gasteiger partial charge in [0.2, 0.25) is 17.7 Å². The number of alkyl carbamates (subject to hydrolysis) is 1. The van der Waals surface area contributed by atoms with Gasteiger partial charge in [-0.15, -0.1) is 0 Å². The van der Waals surface area contributed by atoms with E-state index in [1.165, 1.54) is 20.8 Å². The standard InChI is InChI=1S/C37H58N4O23.2Na/c1-11(2)31(51)38-7-8-39-37(56)57-10-17-22(47)28(62-35-24(49)20(45)12(3)26(60-35)32(52)53)19(41-15(6)44)34(59-17)63-29-23(48)25(50)36(64-30(29)33(54)55)61-27-18(40-14(5)43)13(4)58-16(9-42)21(27)46;;/h12-13,16-30,34-36,42,45-50H,1,7-10H2,2-6H3,(H,38,51)(H,39,56)(H,40,43)(H,41,44)(H,52,53)(H,54,55);;/q;2*+1/p-2/t12-,13-,16?,17?,18?,19?,20-,21+,22+,23+,24?,25?,26?,27+,28+,29-,30?,34-,35-,36+;;/m0../s1. The first kappa shape index (κ1) is 59.9. The van der Waals surface area contributed by atoms with E-state index in [2.05, 4.69) is 27.8 Å². The molecule has 20 atom stereocenters. The minimum atomic E-state index is -2.41. The van der Waals surface area contributed by atoms with Crippen LogP contribution in [-0.2, 0) is 61.9 Å². The molecule has 0 aromatic carbocycles. The van der Waals surface area contributed by atoms with E-state index >= 15 is 0 Å². The van der Waals surface area contributed by atoms with Crippen LogP contribution < -0.4 is 90.6 Å². The largest absolute Gasteiger partial charge is 1.00 e. The first-order chi connectivity index (χ1) is 30.0. The first-order valence-electron chi connectivity index (χ1n) is 20.1. The second-order valence-electron chi connectivity index (χ2n) is 15.7. The molecule has 8 unspecified atom stereocenters. The molecule has 364 valence electrons. The molecule has 4 saturated heterocycles. The summed E-state index contributed by atoms with van der Waals surface area (Å²) in [6.45, 7) is 7.86. The normalized spacial score (nSPS) is 38.8. The Morgan fingerprint density at radius 1 is 0.606 bits per heavy atom. The Morgan fingerprint density at radius 2 is 1.09 bits per heavy atom. The summed E-state index contributed by atoms with van der Waals surface area (Å²) in [6.07, 6.45) is -33.8. The van der Waals surface area contributed by atoms with Crippen LogP contribution in [0.4, 0.5) is 4.79 Å². The average molecular weight is 971 g/mol. The molecule has 29 heteroatoms. The number of aliphatic hydroxyl groups is 7. The fourth-order valence-corrected chi connectivity index (χ4v) is 7.44. The van der Waals surface area contributed by atoms with Crippen molar-refractivity contribution in [1.29, 1.82) is 0 Å². The van der Waals surface area contributed by atoms with Crippen LogP contribution in [0.3, 0.4) is 0 Å². The van der Waals surface area contributed by atoms with Crippen LogP contribution in [0.2, 0.25) is 0 Å². The molecule has 11 N–H and O–H groups in total. The third-order valence-corrected chi connectivity index (χ3v) is 10.8. The Kier molecular flexibility index (Phi) is 24.2. The van der Waals surface area contributed by atoms with Gasteiger partial charge in [0, 0.05) is 38.4 Å². The number of nitrogens with one attached hydrogen (secondary N) is 4. The summed E-state index contributed by atoms with van der Waals surface area (Å²) < 4.78 is 44.9. The van der Waals surface area contributed by atoms with Gasteiger partial charge in [-0.1, -0.05) is 13.5 Å². The molecular formula is C37H56N4Na2O23. The first-order valence-corrected chi connectivity index (χ1v) is 20.1. The zero-order valence-corrected chi connectivity index (χ0v) is 41.2. The van der Waals surface area contributed by atoms with Gasteiger partial charge in [-0.3, -0.25) is 14.4 Å². The molecule has 0 aliphatic carbocycles. The SMILES string of the molecule is C=C(C)C(=O)NCCNC(=O)OCC1O[C@@H](O[C@@H]2C(C(=O)[O-])O[C@@H](O[C@@H]3C(NC(C)=O)[C@H](C)OC(CO)[C@H]3O)C(O)[C@H]2O)C(NC(C)=O)[C@@H](O[C@@H]2OC(C(=O)[O-])[C@@H](C)[C@H](O)C2O)[C@@H]1O.[Na+].[Na+]. The van der Waals surface area contributed by atoms with Crippen molar-refractivity contribution in [2.75, 3.05) is 26.3 Å². The van der Waals surface area contributed by atoms with Gasteiger partial charge in [-0.25, -0.2) is 4.79 Å². The van der Waals surface area contributed by atoms with Crippen molar-refractivity contribution in [3.8, 4) is 0 Å². The number of rotatable bonds is 17. The molecule has 4 aliphatic rings. The van der Waals surface area contributed by atoms with Crippen molar-refractivity contribution in [3.63, 3.8) is 0 Å². The fourth-order valence-electron chi connectivity index (χ4n) is 7.44. The van der Waals surface area contributed by atoms with Crippen LogP contribution >= 0.6 is 0 Å². The van der Waals surface area contributed by atoms with Crippen LogP contribution in [0.1, 0.15) is 34.6 Å². The summed E-state index contributed by atoms with van der Waals surface area (Å²) in [6, 6.07) is -3.03. The summed E-state index contributed by atoms with van der Waals surface area (Å²) in [7, 11) is 0. The predicted octanol–water partition coefficient (Wildman–Crippen LogP) is -15.2. The molecule has 4 fully saturated rings. The summed E-state index contributed by atoms with van der Waals surface area (Å²) >= 11 is 0. The molecule has 4 amide bonds. The Balaban J connectivity index is 0.00000748. The number of hydrogen-bond donors (Lipinski definition) is 11. The van der Waals surface area contributed by atoms with Gasteiger partial charge in [-0.2, -0.15) is 0 Å². The number of aliphatic hydroxyl groups excluding tert-OH is 7. The molecule has 27 nitrogen and oxygen atoms in total. The van der Waals surface area contributed by atoms with Crippen molar-refractivity contribution >= 4 is 35.8 Å². The maximum Gasteiger partial charge on any atom is 1.00 e. The number of carboxylic acid groups (broad SMARTS) is 2. The topological polar surface area (TPSA) is 412 Å². The Hall–Kier alpha value is -2.20. The summed E-state index contributed by atoms with van der Waals surface area (Å²) in [4.78, 5) is 73.6. The van der Waals surface area contributed by atoms with Crippen molar-refractivity contribution in [3.05, 3.63) is 12.2 Å². The van der Waals surface area contributed by atoms with E-state index in [0.717, 1.165) is 13.8 Å². The van der Waals surface area contributed by atoms with Gasteiger partial charge in [0.1, 0.15) is 85.9 Å². The monoisotopic (exact) mass is 970 g/mol. The minimum Gasteiger partial charge on any atom is -0.547 e. The smallest absolute Gasteiger partial charge is 0.547 e. The van der Waals surface area contributed by atoms with Gasteiger partial charge < -0.3 is 115 Å². The molecule has 0 bridgehead atoms. The van der Waals surface area contributed by atoms with E-state index in [1.807, 2.05) is 0 Å². The number of carbonyl (C=O) groups excluding carboxylic acids is 6. The molecule has 0 saturated carbocycles. The summed E-state index contributed by atoms with van der Waals surface area (Å²) in [5, 5.41) is 111. The van der Waals surface area contributed by atoms with E-state index in [9.17, 15) is 74.7 Å². The Bertz CT molecular complexity index is 1690. The van der Waals surface area contributed by atoms with Crippen LogP contribution in [-0.4, -0.2) is 214 Å². The number of ether oxygens (including phenoxy) is 8. The quantitative estimate of drug-likeness (QED) is 0.0366. The molecule has 4 rings (SSSR count). The molecule has 0 aromatic heterocycles. The van der Waals surface area contributed by atoms with E-state index in [4.69, 9.17) is 37.9 Å². The van der Waals surface area contributed by atoms with E-state index in [-0.39, 0.29) is 77.8 Å². The number of aliphatic carboxylic acids is 2.